The summed E-state index contributed by atoms with van der Waals surface area (Å²) < 4.78 is 0. The van der Waals surface area contributed by atoms with Crippen molar-refractivity contribution in [3.63, 3.8) is 0 Å². The van der Waals surface area contributed by atoms with Gasteiger partial charge in [-0.3, -0.25) is 4.79 Å². The molecule has 0 unspecified atom stereocenters. The smallest absolute Gasteiger partial charge is 0.150 e. The lowest BCUT2D eigenvalue weighted by Gasteiger charge is -2.01. The predicted octanol–water partition coefficient (Wildman–Crippen LogP) is 5.41. The van der Waals surface area contributed by atoms with E-state index in [1.807, 2.05) is 52.0 Å². The molecular formula is C17H22O2S. The Bertz CT molecular complexity index is 475. The monoisotopic (exact) mass is 290 g/mol. The Balaban J connectivity index is 0.000000829. The van der Waals surface area contributed by atoms with Gasteiger partial charge in [-0.15, -0.1) is 0 Å². The molecule has 20 heavy (non-hydrogen) atoms. The maximum absolute atomic E-state index is 10.5. The second-order valence-corrected chi connectivity index (χ2v) is 4.43. The molecule has 0 heterocycles. The second kappa shape index (κ2) is 11.1. The standard InChI is InChI=1S/C13H10O2S.2C2H6/c14-9-10-1-5-12(6-2-10)16-13-7-3-11(15)4-8-13;2*1-2/h1-9,15H;2*1-2H3. The van der Waals surface area contributed by atoms with E-state index in [2.05, 4.69) is 0 Å². The Morgan fingerprint density at radius 3 is 1.60 bits per heavy atom. The van der Waals surface area contributed by atoms with Gasteiger partial charge in [0, 0.05) is 15.4 Å². The SMILES string of the molecule is CC.CC.O=Cc1ccc(Sc2ccc(O)cc2)cc1. The van der Waals surface area contributed by atoms with Crippen LogP contribution in [0, 0.1) is 0 Å². The molecule has 0 saturated heterocycles. The van der Waals surface area contributed by atoms with Gasteiger partial charge in [-0.1, -0.05) is 51.6 Å². The average molecular weight is 290 g/mol. The zero-order valence-corrected chi connectivity index (χ0v) is 13.3. The molecule has 0 saturated carbocycles. The van der Waals surface area contributed by atoms with Gasteiger partial charge >= 0.3 is 0 Å². The second-order valence-electron chi connectivity index (χ2n) is 3.28. The maximum atomic E-state index is 10.5. The van der Waals surface area contributed by atoms with Crippen LogP contribution in [-0.4, -0.2) is 11.4 Å². The third-order valence-electron chi connectivity index (χ3n) is 2.09. The van der Waals surface area contributed by atoms with Crippen molar-refractivity contribution in [2.45, 2.75) is 37.5 Å². The first-order valence-electron chi connectivity index (χ1n) is 6.80. The van der Waals surface area contributed by atoms with Crippen LogP contribution in [0.15, 0.2) is 58.3 Å². The highest BCUT2D eigenvalue weighted by molar-refractivity contribution is 7.99. The summed E-state index contributed by atoms with van der Waals surface area (Å²) >= 11 is 1.59. The number of hydrogen-bond donors (Lipinski definition) is 1. The molecule has 0 aromatic heterocycles. The van der Waals surface area contributed by atoms with Crippen molar-refractivity contribution in [2.75, 3.05) is 0 Å². The summed E-state index contributed by atoms with van der Waals surface area (Å²) in [5.41, 5.74) is 0.676. The lowest BCUT2D eigenvalue weighted by Crippen LogP contribution is -1.78. The Labute approximate surface area is 125 Å². The number of carbonyl (C=O) groups excluding carboxylic acids is 1. The van der Waals surface area contributed by atoms with Crippen LogP contribution in [0.2, 0.25) is 0 Å². The summed E-state index contributed by atoms with van der Waals surface area (Å²) in [4.78, 5) is 12.6. The summed E-state index contributed by atoms with van der Waals surface area (Å²) in [6.07, 6.45) is 0.828. The van der Waals surface area contributed by atoms with E-state index < -0.39 is 0 Å². The highest BCUT2D eigenvalue weighted by Crippen LogP contribution is 2.28. The van der Waals surface area contributed by atoms with Gasteiger partial charge < -0.3 is 5.11 Å². The first-order chi connectivity index (χ1) is 9.78. The van der Waals surface area contributed by atoms with Crippen molar-refractivity contribution in [3.8, 4) is 5.75 Å². The summed E-state index contributed by atoms with van der Waals surface area (Å²) in [5, 5.41) is 9.14. The Morgan fingerprint density at radius 2 is 1.20 bits per heavy atom. The topological polar surface area (TPSA) is 37.3 Å². The van der Waals surface area contributed by atoms with Gasteiger partial charge in [-0.25, -0.2) is 0 Å². The number of phenolic OH excluding ortho intramolecular Hbond substituents is 1. The van der Waals surface area contributed by atoms with Gasteiger partial charge in [0.25, 0.3) is 0 Å². The number of hydrogen-bond acceptors (Lipinski definition) is 3. The van der Waals surface area contributed by atoms with E-state index in [0.29, 0.717) is 5.56 Å². The molecule has 3 heteroatoms. The number of rotatable bonds is 3. The molecular weight excluding hydrogens is 268 g/mol. The first-order valence-corrected chi connectivity index (χ1v) is 7.62. The van der Waals surface area contributed by atoms with Crippen molar-refractivity contribution < 1.29 is 9.90 Å². The summed E-state index contributed by atoms with van der Waals surface area (Å²) in [7, 11) is 0. The van der Waals surface area contributed by atoms with Crippen LogP contribution >= 0.6 is 11.8 Å². The van der Waals surface area contributed by atoms with E-state index in [4.69, 9.17) is 5.11 Å². The summed E-state index contributed by atoms with van der Waals surface area (Å²) in [6, 6.07) is 14.4. The van der Waals surface area contributed by atoms with Gasteiger partial charge in [0.05, 0.1) is 0 Å². The van der Waals surface area contributed by atoms with Gasteiger partial charge in [-0.05, 0) is 36.4 Å². The van der Waals surface area contributed by atoms with Crippen LogP contribution < -0.4 is 0 Å². The molecule has 2 nitrogen and oxygen atoms in total. The van der Waals surface area contributed by atoms with Gasteiger partial charge in [0.15, 0.2) is 0 Å². The van der Waals surface area contributed by atoms with Crippen LogP contribution in [0.5, 0.6) is 5.75 Å². The number of phenols is 1. The molecule has 0 bridgehead atoms. The van der Waals surface area contributed by atoms with Crippen LogP contribution in [0.3, 0.4) is 0 Å². The molecule has 108 valence electrons. The third kappa shape index (κ3) is 6.43. The van der Waals surface area contributed by atoms with Gasteiger partial charge in [-0.2, -0.15) is 0 Å². The molecule has 0 aliphatic heterocycles. The molecule has 0 radical (unpaired) electrons. The number of benzene rings is 2. The largest absolute Gasteiger partial charge is 0.508 e. The van der Waals surface area contributed by atoms with Crippen molar-refractivity contribution >= 4 is 18.0 Å². The van der Waals surface area contributed by atoms with Crippen LogP contribution in [-0.2, 0) is 0 Å². The predicted molar refractivity (Wildman–Crippen MR) is 86.8 cm³/mol. The van der Waals surface area contributed by atoms with E-state index >= 15 is 0 Å². The fraction of sp³-hybridized carbons (Fsp3) is 0.235. The zero-order chi connectivity index (χ0) is 15.4. The fourth-order valence-electron chi connectivity index (χ4n) is 1.26. The molecule has 0 fully saturated rings. The van der Waals surface area contributed by atoms with E-state index in [1.165, 1.54) is 0 Å². The average Bonchev–Trinajstić information content (AvgIpc) is 2.54. The lowest BCUT2D eigenvalue weighted by molar-refractivity contribution is 0.112. The quantitative estimate of drug-likeness (QED) is 0.768. The highest BCUT2D eigenvalue weighted by atomic mass is 32.2. The normalized spacial score (nSPS) is 8.60. The lowest BCUT2D eigenvalue weighted by atomic mass is 10.2. The van der Waals surface area contributed by atoms with Gasteiger partial charge in [0.2, 0.25) is 0 Å². The van der Waals surface area contributed by atoms with Crippen LogP contribution in [0.25, 0.3) is 0 Å². The molecule has 0 spiro atoms. The minimum absolute atomic E-state index is 0.264. The summed E-state index contributed by atoms with van der Waals surface area (Å²) in [6.45, 7) is 8.00. The zero-order valence-electron chi connectivity index (χ0n) is 12.5. The highest BCUT2D eigenvalue weighted by Gasteiger charge is 1.97. The molecule has 0 aliphatic carbocycles. The number of aldehydes is 1. The van der Waals surface area contributed by atoms with Crippen LogP contribution in [0.4, 0.5) is 0 Å². The van der Waals surface area contributed by atoms with Crippen molar-refractivity contribution in [3.05, 3.63) is 54.1 Å². The fourth-order valence-corrected chi connectivity index (χ4v) is 2.08. The molecule has 2 rings (SSSR count). The Hall–Kier alpha value is -1.74. The first kappa shape index (κ1) is 18.3. The maximum Gasteiger partial charge on any atom is 0.150 e. The van der Waals surface area contributed by atoms with Gasteiger partial charge in [0.1, 0.15) is 12.0 Å². The molecule has 2 aromatic rings. The summed E-state index contributed by atoms with van der Waals surface area (Å²) in [5.74, 6) is 0.264. The van der Waals surface area contributed by atoms with E-state index in [-0.39, 0.29) is 5.75 Å². The minimum atomic E-state index is 0.264. The molecule has 0 amide bonds. The Kier molecular flexibility index (Phi) is 10.2. The van der Waals surface area contributed by atoms with Crippen molar-refractivity contribution in [2.24, 2.45) is 0 Å². The number of aromatic hydroxyl groups is 1. The third-order valence-corrected chi connectivity index (χ3v) is 3.10. The van der Waals surface area contributed by atoms with E-state index in [0.717, 1.165) is 16.1 Å². The van der Waals surface area contributed by atoms with Crippen molar-refractivity contribution in [1.82, 2.24) is 0 Å². The number of carbonyl (C=O) groups is 1. The Morgan fingerprint density at radius 1 is 0.800 bits per heavy atom. The molecule has 2 aromatic carbocycles. The van der Waals surface area contributed by atoms with E-state index in [1.54, 1.807) is 36.0 Å². The minimum Gasteiger partial charge on any atom is -0.508 e. The van der Waals surface area contributed by atoms with Crippen molar-refractivity contribution in [1.29, 1.82) is 0 Å². The molecule has 0 atom stereocenters. The molecule has 1 N–H and O–H groups in total. The van der Waals surface area contributed by atoms with E-state index in [9.17, 15) is 4.79 Å². The molecule has 0 aliphatic rings. The van der Waals surface area contributed by atoms with Crippen LogP contribution in [0.1, 0.15) is 38.1 Å².